The quantitative estimate of drug-likeness (QED) is 0.154. The highest BCUT2D eigenvalue weighted by Crippen LogP contribution is 2.47. The summed E-state index contributed by atoms with van der Waals surface area (Å²) in [5.74, 6) is 0. The van der Waals surface area contributed by atoms with Crippen molar-refractivity contribution in [2.24, 2.45) is 0 Å². The summed E-state index contributed by atoms with van der Waals surface area (Å²) >= 11 is 0. The number of nitriles is 4. The highest BCUT2D eigenvalue weighted by molar-refractivity contribution is 7.00. The van der Waals surface area contributed by atoms with Crippen molar-refractivity contribution < 1.29 is 0 Å². The molecule has 0 aliphatic carbocycles. The molecule has 0 saturated carbocycles. The van der Waals surface area contributed by atoms with Crippen molar-refractivity contribution >= 4 is 79.0 Å². The predicted octanol–water partition coefficient (Wildman–Crippen LogP) is 13.4. The average Bonchev–Trinajstić information content (AvgIpc) is 3.78. The van der Waals surface area contributed by atoms with E-state index in [-0.39, 0.29) is 6.71 Å². The Kier molecular flexibility index (Phi) is 9.69. The molecule has 72 heavy (non-hydrogen) atoms. The zero-order chi connectivity index (χ0) is 48.5. The lowest BCUT2D eigenvalue weighted by Gasteiger charge is -2.44. The van der Waals surface area contributed by atoms with E-state index in [2.05, 4.69) is 196 Å². The van der Waals surface area contributed by atoms with Gasteiger partial charge in [-0.1, -0.05) is 115 Å². The minimum absolute atomic E-state index is 0.00142. The van der Waals surface area contributed by atoms with Gasteiger partial charge in [-0.25, -0.2) is 0 Å². The molecule has 0 unspecified atom stereocenters. The molecule has 1 aromatic heterocycles. The Labute approximate surface area is 416 Å². The van der Waals surface area contributed by atoms with Gasteiger partial charge in [0, 0.05) is 56.0 Å². The first kappa shape index (κ1) is 41.8. The molecule has 0 fully saturated rings. The van der Waals surface area contributed by atoms with E-state index >= 15 is 0 Å². The van der Waals surface area contributed by atoms with Crippen LogP contribution < -0.4 is 26.2 Å². The van der Waals surface area contributed by atoms with Gasteiger partial charge in [-0.2, -0.15) is 21.0 Å². The van der Waals surface area contributed by atoms with E-state index in [1.165, 1.54) is 16.4 Å². The molecule has 0 bridgehead atoms. The van der Waals surface area contributed by atoms with Gasteiger partial charge < -0.3 is 14.4 Å². The van der Waals surface area contributed by atoms with Crippen LogP contribution in [0.5, 0.6) is 0 Å². The molecular weight excluding hydrogens is 878 g/mol. The van der Waals surface area contributed by atoms with Gasteiger partial charge in [0.15, 0.2) is 0 Å². The van der Waals surface area contributed by atoms with Gasteiger partial charge in [-0.05, 0) is 142 Å². The van der Waals surface area contributed by atoms with E-state index in [9.17, 15) is 21.0 Å². The first-order chi connectivity index (χ1) is 35.5. The van der Waals surface area contributed by atoms with Crippen molar-refractivity contribution in [2.45, 2.75) is 0 Å². The Bertz CT molecular complexity index is 4130. The van der Waals surface area contributed by atoms with Crippen LogP contribution in [0.25, 0.3) is 60.9 Å². The Hall–Kier alpha value is -10.4. The molecule has 3 heterocycles. The van der Waals surface area contributed by atoms with Crippen molar-refractivity contribution in [3.8, 4) is 63.3 Å². The van der Waals surface area contributed by atoms with E-state index < -0.39 is 0 Å². The predicted molar refractivity (Wildman–Crippen MR) is 290 cm³/mol. The second kappa shape index (κ2) is 16.7. The SMILES string of the molecule is N#Cc1ccc(-c2ccc(-n3c4ccccc4c4cc(-c5cc6c7c(c5)N(c5ccccc5)c5ccccc5B7c5ccccc5N6c5ccccc5)ccc43)c(-c3ccc(C#N)cc3C#N)c2)c(C#N)c1. The summed E-state index contributed by atoms with van der Waals surface area (Å²) in [7, 11) is 0. The number of aromatic nitrogens is 1. The molecule has 11 aromatic rings. The van der Waals surface area contributed by atoms with Gasteiger partial charge >= 0.3 is 0 Å². The summed E-state index contributed by atoms with van der Waals surface area (Å²) in [5, 5.41) is 42.4. The van der Waals surface area contributed by atoms with Crippen LogP contribution in [0.1, 0.15) is 22.3 Å². The molecule has 330 valence electrons. The number of fused-ring (bicyclic) bond motifs is 7. The maximum Gasteiger partial charge on any atom is 0.252 e. The normalized spacial score (nSPS) is 12.0. The number of nitrogens with zero attached hydrogens (tertiary/aromatic N) is 7. The molecule has 13 rings (SSSR count). The second-order valence-corrected chi connectivity index (χ2v) is 18.1. The molecule has 0 saturated heterocycles. The van der Waals surface area contributed by atoms with E-state index in [0.29, 0.717) is 33.4 Å². The second-order valence-electron chi connectivity index (χ2n) is 18.1. The van der Waals surface area contributed by atoms with Crippen LogP contribution in [-0.4, -0.2) is 11.3 Å². The Morgan fingerprint density at radius 3 is 1.47 bits per heavy atom. The molecule has 7 nitrogen and oxygen atoms in total. The molecule has 10 aromatic carbocycles. The average molecular weight is 914 g/mol. The summed E-state index contributed by atoms with van der Waals surface area (Å²) in [5.41, 5.74) is 19.7. The number of hydrogen-bond acceptors (Lipinski definition) is 6. The van der Waals surface area contributed by atoms with Crippen molar-refractivity contribution in [3.63, 3.8) is 0 Å². The summed E-state index contributed by atoms with van der Waals surface area (Å²) in [4.78, 5) is 4.86. The van der Waals surface area contributed by atoms with Crippen molar-refractivity contribution in [3.05, 3.63) is 241 Å². The third-order valence-corrected chi connectivity index (χ3v) is 14.3. The van der Waals surface area contributed by atoms with E-state index in [0.717, 1.165) is 83.9 Å². The van der Waals surface area contributed by atoms with Crippen LogP contribution in [0.4, 0.5) is 34.1 Å². The smallest absolute Gasteiger partial charge is 0.252 e. The molecule has 0 amide bonds. The van der Waals surface area contributed by atoms with Gasteiger partial charge in [0.1, 0.15) is 0 Å². The Balaban J connectivity index is 1.06. The molecule has 0 spiro atoms. The topological polar surface area (TPSA) is 107 Å². The van der Waals surface area contributed by atoms with Crippen LogP contribution in [0.15, 0.2) is 218 Å². The number of para-hydroxylation sites is 5. The minimum Gasteiger partial charge on any atom is -0.311 e. The van der Waals surface area contributed by atoms with Gasteiger partial charge in [0.2, 0.25) is 0 Å². The number of rotatable bonds is 6. The maximum atomic E-state index is 10.6. The van der Waals surface area contributed by atoms with E-state index in [1.807, 2.05) is 30.3 Å². The minimum atomic E-state index is -0.00142. The summed E-state index contributed by atoms with van der Waals surface area (Å²) in [6, 6.07) is 84.1. The maximum absolute atomic E-state index is 10.6. The largest absolute Gasteiger partial charge is 0.311 e. The lowest BCUT2D eigenvalue weighted by Crippen LogP contribution is -2.61. The summed E-state index contributed by atoms with van der Waals surface area (Å²) < 4.78 is 2.25. The highest BCUT2D eigenvalue weighted by Gasteiger charge is 2.43. The molecule has 0 N–H and O–H groups in total. The van der Waals surface area contributed by atoms with Gasteiger partial charge in [0.25, 0.3) is 6.71 Å². The summed E-state index contributed by atoms with van der Waals surface area (Å²) in [6.07, 6.45) is 0. The molecule has 8 heteroatoms. The van der Waals surface area contributed by atoms with Crippen LogP contribution in [-0.2, 0) is 0 Å². The monoisotopic (exact) mass is 913 g/mol. The van der Waals surface area contributed by atoms with Crippen molar-refractivity contribution in [1.82, 2.24) is 4.57 Å². The van der Waals surface area contributed by atoms with Gasteiger partial charge in [-0.3, -0.25) is 0 Å². The molecule has 0 atom stereocenters. The fraction of sp³-hybridized carbons (Fsp3) is 0. The number of hydrogen-bond donors (Lipinski definition) is 0. The fourth-order valence-corrected chi connectivity index (χ4v) is 11.2. The van der Waals surface area contributed by atoms with Gasteiger partial charge in [0.05, 0.1) is 63.3 Å². The van der Waals surface area contributed by atoms with Crippen LogP contribution in [0, 0.1) is 45.3 Å². The number of benzene rings is 10. The van der Waals surface area contributed by atoms with Gasteiger partial charge in [-0.15, -0.1) is 0 Å². The third-order valence-electron chi connectivity index (χ3n) is 14.3. The van der Waals surface area contributed by atoms with Crippen LogP contribution in [0.3, 0.4) is 0 Å². The molecular formula is C64H36BN7. The Morgan fingerprint density at radius 1 is 0.333 bits per heavy atom. The van der Waals surface area contributed by atoms with Crippen molar-refractivity contribution in [1.29, 1.82) is 21.0 Å². The van der Waals surface area contributed by atoms with E-state index in [4.69, 9.17) is 0 Å². The first-order valence-electron chi connectivity index (χ1n) is 23.7. The van der Waals surface area contributed by atoms with Crippen molar-refractivity contribution in [2.75, 3.05) is 9.80 Å². The Morgan fingerprint density at radius 2 is 0.861 bits per heavy atom. The third kappa shape index (κ3) is 6.42. The van der Waals surface area contributed by atoms with Crippen LogP contribution in [0.2, 0.25) is 0 Å². The summed E-state index contributed by atoms with van der Waals surface area (Å²) in [6.45, 7) is -0.00142. The standard InChI is InChI=1S/C64H36BN7/c66-37-41-23-27-50(46(31-41)39-68)44-26-30-58(53(34-44)51-28-24-42(38-67)32-47(51)40-69)72-57-20-10-7-17-52(57)54-33-43(25-29-59(54)72)45-35-62-64-63(36-45)71(49-15-5-2-6-16-49)61-22-12-9-19-56(61)65(64)55-18-8-11-21-60(55)70(62)48-13-3-1-4-14-48/h1-36H. The van der Waals surface area contributed by atoms with Crippen LogP contribution >= 0.6 is 0 Å². The zero-order valence-electron chi connectivity index (χ0n) is 38.5. The number of anilines is 6. The molecule has 2 aliphatic rings. The zero-order valence-corrected chi connectivity index (χ0v) is 38.5. The highest BCUT2D eigenvalue weighted by atomic mass is 15.2. The first-order valence-corrected chi connectivity index (χ1v) is 23.7. The fourth-order valence-electron chi connectivity index (χ4n) is 11.2. The lowest BCUT2D eigenvalue weighted by atomic mass is 9.33. The molecule has 0 radical (unpaired) electrons. The van der Waals surface area contributed by atoms with E-state index in [1.54, 1.807) is 30.3 Å². The lowest BCUT2D eigenvalue weighted by molar-refractivity contribution is 1.18. The molecule has 2 aliphatic heterocycles.